The maximum Gasteiger partial charge on any atom is 0.240 e. The van der Waals surface area contributed by atoms with Crippen LogP contribution < -0.4 is 4.90 Å². The molecule has 3 heterocycles. The fraction of sp³-hybridized carbons (Fsp3) is 0.179. The summed E-state index contributed by atoms with van der Waals surface area (Å²) in [6.07, 6.45) is 3.81. The van der Waals surface area contributed by atoms with Crippen molar-refractivity contribution in [2.24, 2.45) is 11.8 Å². The molecule has 0 unspecified atom stereocenters. The van der Waals surface area contributed by atoms with Crippen LogP contribution in [0.4, 0.5) is 5.69 Å². The molecule has 2 amide bonds. The highest BCUT2D eigenvalue weighted by Gasteiger charge is 2.64. The van der Waals surface area contributed by atoms with Crippen molar-refractivity contribution in [2.75, 3.05) is 4.90 Å². The number of halogens is 1. The van der Waals surface area contributed by atoms with Crippen LogP contribution in [0.15, 0.2) is 79.0 Å². The molecule has 6 heteroatoms. The lowest BCUT2D eigenvalue weighted by atomic mass is 9.83. The second-order valence-corrected chi connectivity index (χ2v) is 9.49. The number of rotatable bonds is 3. The van der Waals surface area contributed by atoms with Crippen LogP contribution in [0.25, 0.3) is 6.08 Å². The third-order valence-electron chi connectivity index (χ3n) is 7.15. The highest BCUT2D eigenvalue weighted by Crippen LogP contribution is 2.53. The number of carbonyl (C=O) groups is 3. The second-order valence-electron chi connectivity index (χ2n) is 9.05. The summed E-state index contributed by atoms with van der Waals surface area (Å²) in [4.78, 5) is 44.6. The Morgan fingerprint density at radius 2 is 1.53 bits per heavy atom. The van der Waals surface area contributed by atoms with Gasteiger partial charge in [-0.1, -0.05) is 53.6 Å². The SMILES string of the molecule is Cc1ccc(N2C(=O)[C@@H]3[C@H](C2=O)[C@@H]2c4ccccc4C=CN2[C@H]3C(=O)c2ccc(Cl)cc2)cc1. The number of fused-ring (bicyclic) bond motifs is 5. The molecular formula is C28H21ClN2O3. The van der Waals surface area contributed by atoms with Gasteiger partial charge in [-0.3, -0.25) is 14.4 Å². The first kappa shape index (κ1) is 20.9. The van der Waals surface area contributed by atoms with Crippen molar-refractivity contribution in [1.82, 2.24) is 4.90 Å². The van der Waals surface area contributed by atoms with E-state index >= 15 is 0 Å². The summed E-state index contributed by atoms with van der Waals surface area (Å²) in [5, 5.41) is 0.531. The van der Waals surface area contributed by atoms with Crippen molar-refractivity contribution in [3.05, 3.63) is 106 Å². The lowest BCUT2D eigenvalue weighted by Gasteiger charge is -2.35. The molecular weight excluding hydrogens is 448 g/mol. The van der Waals surface area contributed by atoms with Crippen molar-refractivity contribution < 1.29 is 14.4 Å². The zero-order valence-electron chi connectivity index (χ0n) is 18.4. The minimum absolute atomic E-state index is 0.190. The van der Waals surface area contributed by atoms with E-state index in [2.05, 4.69) is 0 Å². The Bertz CT molecular complexity index is 1360. The van der Waals surface area contributed by atoms with Gasteiger partial charge in [0.2, 0.25) is 11.8 Å². The summed E-state index contributed by atoms with van der Waals surface area (Å²) < 4.78 is 0. The molecule has 0 N–H and O–H groups in total. The van der Waals surface area contributed by atoms with Crippen LogP contribution >= 0.6 is 11.6 Å². The van der Waals surface area contributed by atoms with Crippen LogP contribution in [-0.4, -0.2) is 28.5 Å². The first-order valence-corrected chi connectivity index (χ1v) is 11.6. The maximum absolute atomic E-state index is 13.8. The van der Waals surface area contributed by atoms with Gasteiger partial charge in [0.1, 0.15) is 6.04 Å². The number of ketones is 1. The number of aryl methyl sites for hydroxylation is 1. The van der Waals surface area contributed by atoms with Gasteiger partial charge >= 0.3 is 0 Å². The number of hydrogen-bond donors (Lipinski definition) is 0. The highest BCUT2D eigenvalue weighted by molar-refractivity contribution is 6.30. The van der Waals surface area contributed by atoms with Gasteiger partial charge in [0.05, 0.1) is 23.6 Å². The van der Waals surface area contributed by atoms with E-state index < -0.39 is 17.9 Å². The first-order valence-electron chi connectivity index (χ1n) is 11.2. The normalized spacial score (nSPS) is 24.8. The van der Waals surface area contributed by atoms with Gasteiger partial charge in [0, 0.05) is 16.8 Å². The third-order valence-corrected chi connectivity index (χ3v) is 7.40. The molecule has 0 aromatic heterocycles. The molecule has 0 radical (unpaired) electrons. The summed E-state index contributed by atoms with van der Waals surface area (Å²) in [7, 11) is 0. The number of carbonyl (C=O) groups excluding carboxylic acids is 3. The van der Waals surface area contributed by atoms with Crippen molar-refractivity contribution in [1.29, 1.82) is 0 Å². The molecule has 3 aromatic rings. The van der Waals surface area contributed by atoms with E-state index in [4.69, 9.17) is 11.6 Å². The lowest BCUT2D eigenvalue weighted by Crippen LogP contribution is -2.44. The predicted octanol–water partition coefficient (Wildman–Crippen LogP) is 5.05. The predicted molar refractivity (Wildman–Crippen MR) is 130 cm³/mol. The second kappa shape index (κ2) is 7.67. The number of Topliss-reactive ketones (excluding diaryl/α,β-unsaturated/α-hetero) is 1. The standard InChI is InChI=1S/C28H21ClN2O3/c1-16-6-12-20(13-7-16)31-27(33)22-23(28(31)34)25(26(32)18-8-10-19(29)11-9-18)30-15-14-17-4-2-3-5-21(17)24(22)30/h2-15,22-25H,1H3/t22-,23+,24-,25+/m0/s1. The number of hydrogen-bond acceptors (Lipinski definition) is 4. The van der Waals surface area contributed by atoms with Crippen molar-refractivity contribution >= 4 is 41.0 Å². The van der Waals surface area contributed by atoms with Crippen LogP contribution in [0, 0.1) is 18.8 Å². The Hall–Kier alpha value is -3.70. The van der Waals surface area contributed by atoms with Crippen LogP contribution in [0.5, 0.6) is 0 Å². The van der Waals surface area contributed by atoms with E-state index in [1.165, 1.54) is 4.90 Å². The molecule has 0 aliphatic carbocycles. The fourth-order valence-corrected chi connectivity index (χ4v) is 5.72. The van der Waals surface area contributed by atoms with Crippen molar-refractivity contribution in [3.8, 4) is 0 Å². The van der Waals surface area contributed by atoms with Crippen LogP contribution in [0.1, 0.15) is 33.1 Å². The first-order chi connectivity index (χ1) is 16.5. The van der Waals surface area contributed by atoms with E-state index in [1.807, 2.05) is 60.5 Å². The minimum atomic E-state index is -0.785. The molecule has 0 bridgehead atoms. The van der Waals surface area contributed by atoms with Gasteiger partial charge in [0.15, 0.2) is 5.78 Å². The molecule has 168 valence electrons. The number of amides is 2. The average molecular weight is 469 g/mol. The Balaban J connectivity index is 1.49. The smallest absolute Gasteiger partial charge is 0.240 e. The average Bonchev–Trinajstić information content (AvgIpc) is 3.32. The summed E-state index contributed by atoms with van der Waals surface area (Å²) in [5.74, 6) is -2.21. The van der Waals surface area contributed by atoms with E-state index in [9.17, 15) is 14.4 Å². The molecule has 0 saturated carbocycles. The number of benzene rings is 3. The van der Waals surface area contributed by atoms with E-state index in [-0.39, 0.29) is 23.6 Å². The van der Waals surface area contributed by atoms with Gasteiger partial charge in [-0.15, -0.1) is 0 Å². The zero-order chi connectivity index (χ0) is 23.6. The number of nitrogens with zero attached hydrogens (tertiary/aromatic N) is 2. The third kappa shape index (κ3) is 2.97. The van der Waals surface area contributed by atoms with Crippen LogP contribution in [0.2, 0.25) is 5.02 Å². The molecule has 3 aliphatic rings. The minimum Gasteiger partial charge on any atom is -0.358 e. The Morgan fingerprint density at radius 3 is 2.26 bits per heavy atom. The van der Waals surface area contributed by atoms with Gasteiger partial charge in [-0.05, 0) is 60.5 Å². The topological polar surface area (TPSA) is 57.7 Å². The molecule has 6 rings (SSSR count). The molecule has 0 spiro atoms. The van der Waals surface area contributed by atoms with Gasteiger partial charge < -0.3 is 4.90 Å². The van der Waals surface area contributed by atoms with E-state index in [0.717, 1.165) is 16.7 Å². The van der Waals surface area contributed by atoms with Crippen molar-refractivity contribution in [2.45, 2.75) is 19.0 Å². The van der Waals surface area contributed by atoms with Gasteiger partial charge in [-0.2, -0.15) is 0 Å². The molecule has 3 aliphatic heterocycles. The number of imide groups is 1. The van der Waals surface area contributed by atoms with Crippen LogP contribution in [-0.2, 0) is 9.59 Å². The molecule has 2 saturated heterocycles. The molecule has 3 aromatic carbocycles. The molecule has 34 heavy (non-hydrogen) atoms. The largest absolute Gasteiger partial charge is 0.358 e. The highest BCUT2D eigenvalue weighted by atomic mass is 35.5. The Labute approximate surface area is 202 Å². The maximum atomic E-state index is 13.8. The summed E-state index contributed by atoms with van der Waals surface area (Å²) in [6.45, 7) is 1.95. The van der Waals surface area contributed by atoms with Gasteiger partial charge in [-0.25, -0.2) is 4.90 Å². The zero-order valence-corrected chi connectivity index (χ0v) is 19.1. The molecule has 5 nitrogen and oxygen atoms in total. The Kier molecular flexibility index (Phi) is 4.71. The summed E-state index contributed by atoms with van der Waals surface area (Å²) in [6, 6.07) is 20.7. The molecule has 2 fully saturated rings. The Morgan fingerprint density at radius 1 is 0.853 bits per heavy atom. The lowest BCUT2D eigenvalue weighted by molar-refractivity contribution is -0.123. The van der Waals surface area contributed by atoms with Crippen molar-refractivity contribution in [3.63, 3.8) is 0 Å². The summed E-state index contributed by atoms with van der Waals surface area (Å²) in [5.41, 5.74) is 4.00. The van der Waals surface area contributed by atoms with Crippen LogP contribution in [0.3, 0.4) is 0 Å². The number of anilines is 1. The molecule has 4 atom stereocenters. The monoisotopic (exact) mass is 468 g/mol. The van der Waals surface area contributed by atoms with Gasteiger partial charge in [0.25, 0.3) is 0 Å². The van der Waals surface area contributed by atoms with E-state index in [0.29, 0.717) is 16.3 Å². The quantitative estimate of drug-likeness (QED) is 0.399. The summed E-state index contributed by atoms with van der Waals surface area (Å²) >= 11 is 6.03. The van der Waals surface area contributed by atoms with E-state index in [1.54, 1.807) is 36.4 Å². The fourth-order valence-electron chi connectivity index (χ4n) is 5.59.